The molecule has 5 heteroatoms. The van der Waals surface area contributed by atoms with Crippen molar-refractivity contribution in [2.45, 2.75) is 54.4 Å². The molecule has 0 saturated carbocycles. The molecule has 2 aliphatic rings. The first-order valence-electron chi connectivity index (χ1n) is 23.4. The molecule has 0 saturated heterocycles. The molecule has 1 aliphatic carbocycles. The van der Waals surface area contributed by atoms with E-state index in [1.165, 1.54) is 44.8 Å². The molecule has 0 radical (unpaired) electrons. The number of rotatable bonds is 8. The number of benzene rings is 4. The van der Waals surface area contributed by atoms with Crippen LogP contribution < -0.4 is 11.1 Å². The number of H-pyrrole nitrogens is 1. The van der Waals surface area contributed by atoms with E-state index in [4.69, 9.17) is 15.7 Å². The molecule has 9 rings (SSSR count). The van der Waals surface area contributed by atoms with E-state index >= 15 is 0 Å². The lowest BCUT2D eigenvalue weighted by Gasteiger charge is -2.23. The first kappa shape index (κ1) is 49.4. The van der Waals surface area contributed by atoms with E-state index in [-0.39, 0.29) is 0 Å². The molecule has 4 N–H and O–H groups in total. The average Bonchev–Trinajstić information content (AvgIpc) is 3.77. The smallest absolute Gasteiger partial charge is 0.0702 e. The monoisotopic (exact) mass is 892 g/mol. The fraction of sp³-hybridized carbons (Fsp3) is 0.143. The lowest BCUT2D eigenvalue weighted by atomic mass is 9.82. The van der Waals surface area contributed by atoms with Crippen molar-refractivity contribution < 1.29 is 0 Å². The van der Waals surface area contributed by atoms with E-state index in [1.807, 2.05) is 90.4 Å². The first-order chi connectivity index (χ1) is 33.1. The van der Waals surface area contributed by atoms with Gasteiger partial charge in [-0.25, -0.2) is 0 Å². The number of allylic oxidation sites excluding steroid dienone is 14. The fourth-order valence-corrected chi connectivity index (χ4v) is 8.12. The van der Waals surface area contributed by atoms with E-state index in [1.54, 1.807) is 6.08 Å². The molecule has 4 aromatic carbocycles. The average molecular weight is 892 g/mol. The van der Waals surface area contributed by atoms with Crippen LogP contribution in [0.3, 0.4) is 0 Å². The number of aryl methyl sites for hydroxylation is 2. The maximum absolute atomic E-state index is 5.08. The Kier molecular flexibility index (Phi) is 17.4. The molecular formula is C63H65N5. The van der Waals surface area contributed by atoms with Crippen LogP contribution >= 0.6 is 0 Å². The second kappa shape index (κ2) is 24.0. The SMILES string of the molecule is C/C=C(C)\C=C/N.C=C/C=C(\C=C/C)c1ccc(-c2ccc3[nH]c4cc5c(cc4c3c2)CCc2cc3c(cc2-5)NC/C=C\C(c2ccc(-c4ccccc4)cn2)=C/C3=C)nc1.C=CC(=C)C.CC. The number of hydrogen-bond donors (Lipinski definition) is 3. The van der Waals surface area contributed by atoms with Gasteiger partial charge in [0, 0.05) is 74.3 Å². The van der Waals surface area contributed by atoms with Crippen LogP contribution in [-0.2, 0) is 12.8 Å². The van der Waals surface area contributed by atoms with Crippen molar-refractivity contribution in [2.75, 3.05) is 11.9 Å². The van der Waals surface area contributed by atoms with E-state index in [9.17, 15) is 0 Å². The number of anilines is 1. The third kappa shape index (κ3) is 11.9. The van der Waals surface area contributed by atoms with Crippen molar-refractivity contribution in [3.63, 3.8) is 0 Å². The maximum Gasteiger partial charge on any atom is 0.0702 e. The quantitative estimate of drug-likeness (QED) is 0.133. The third-order valence-electron chi connectivity index (χ3n) is 11.8. The van der Waals surface area contributed by atoms with E-state index in [0.29, 0.717) is 6.54 Å². The Morgan fingerprint density at radius 3 is 2.04 bits per heavy atom. The molecule has 3 aromatic heterocycles. The van der Waals surface area contributed by atoms with Gasteiger partial charge in [-0.3, -0.25) is 9.97 Å². The Morgan fingerprint density at radius 2 is 1.41 bits per heavy atom. The van der Waals surface area contributed by atoms with Crippen molar-refractivity contribution in [3.05, 3.63) is 242 Å². The topological polar surface area (TPSA) is 79.6 Å². The summed E-state index contributed by atoms with van der Waals surface area (Å²) in [5.74, 6) is 0. The highest BCUT2D eigenvalue weighted by atomic mass is 14.9. The predicted octanol–water partition coefficient (Wildman–Crippen LogP) is 16.6. The summed E-state index contributed by atoms with van der Waals surface area (Å²) >= 11 is 0. The zero-order valence-corrected chi connectivity index (χ0v) is 40.7. The van der Waals surface area contributed by atoms with Gasteiger partial charge in [-0.15, -0.1) is 0 Å². The van der Waals surface area contributed by atoms with Gasteiger partial charge in [-0.05, 0) is 146 Å². The van der Waals surface area contributed by atoms with Crippen LogP contribution in [0.2, 0.25) is 0 Å². The molecule has 0 bridgehead atoms. The summed E-state index contributed by atoms with van der Waals surface area (Å²) < 4.78 is 0. The molecular weight excluding hydrogens is 827 g/mol. The van der Waals surface area contributed by atoms with Crippen LogP contribution in [0.25, 0.3) is 72.0 Å². The van der Waals surface area contributed by atoms with Crippen molar-refractivity contribution in [1.29, 1.82) is 0 Å². The summed E-state index contributed by atoms with van der Waals surface area (Å²) in [4.78, 5) is 13.4. The first-order valence-corrected chi connectivity index (χ1v) is 23.4. The molecule has 68 heavy (non-hydrogen) atoms. The number of pyridine rings is 2. The molecule has 7 aromatic rings. The van der Waals surface area contributed by atoms with Crippen LogP contribution in [0.4, 0.5) is 5.69 Å². The van der Waals surface area contributed by atoms with Gasteiger partial charge in [0.25, 0.3) is 0 Å². The molecule has 0 atom stereocenters. The van der Waals surface area contributed by atoms with Gasteiger partial charge in [0.15, 0.2) is 0 Å². The summed E-state index contributed by atoms with van der Waals surface area (Å²) in [6, 6.07) is 34.9. The zero-order valence-electron chi connectivity index (χ0n) is 40.7. The van der Waals surface area contributed by atoms with Crippen molar-refractivity contribution in [3.8, 4) is 33.5 Å². The van der Waals surface area contributed by atoms with Gasteiger partial charge in [0.2, 0.25) is 0 Å². The maximum atomic E-state index is 5.08. The van der Waals surface area contributed by atoms with Gasteiger partial charge in [0.1, 0.15) is 0 Å². The third-order valence-corrected chi connectivity index (χ3v) is 11.8. The summed E-state index contributed by atoms with van der Waals surface area (Å²) in [6.45, 7) is 28.1. The molecule has 5 nitrogen and oxygen atoms in total. The number of aromatic amines is 1. The molecule has 0 amide bonds. The molecule has 0 spiro atoms. The molecule has 0 unspecified atom stereocenters. The highest BCUT2D eigenvalue weighted by Crippen LogP contribution is 2.42. The normalized spacial score (nSPS) is 14.4. The minimum atomic E-state index is 0.703. The standard InChI is InChI=1S/C50H40N4.C6H11N.C5H8.C2H6/c1-4-10-33(11-5-2)39-18-21-47(53-30-39)38-17-22-48-44(27-38)45-26-36-16-15-35-25-41-32(3)24-37(46-20-19-40(31-52-46)34-12-7-6-8-13-34)14-9-23-51-49(41)28-42(35)43(36)29-50(45)54-48;1-3-6(2)4-5-7;1-4-5(2)3;1-2/h4-14,17-22,24-31,51,54H,1,3,15-16,23H2,2H3;3-5H,7H2,1-2H3;4H,1-2H2,3H3;1-2H3/b11-5-,14-9-,33-10+,37-24+;5-4-,6-3-;;. The Morgan fingerprint density at radius 1 is 0.721 bits per heavy atom. The van der Waals surface area contributed by atoms with E-state index < -0.39 is 0 Å². The van der Waals surface area contributed by atoms with Gasteiger partial charge in [-0.1, -0.05) is 148 Å². The second-order valence-corrected chi connectivity index (χ2v) is 16.4. The van der Waals surface area contributed by atoms with Gasteiger partial charge in [-0.2, -0.15) is 0 Å². The molecule has 1 aliphatic heterocycles. The van der Waals surface area contributed by atoms with Crippen molar-refractivity contribution in [1.82, 2.24) is 15.0 Å². The van der Waals surface area contributed by atoms with Gasteiger partial charge >= 0.3 is 0 Å². The summed E-state index contributed by atoms with van der Waals surface area (Å²) in [5, 5.41) is 6.16. The van der Waals surface area contributed by atoms with Gasteiger partial charge in [0.05, 0.1) is 11.4 Å². The Bertz CT molecular complexity index is 3110. The molecule has 342 valence electrons. The lowest BCUT2D eigenvalue weighted by molar-refractivity contribution is 0.943. The van der Waals surface area contributed by atoms with Crippen LogP contribution in [0.5, 0.6) is 0 Å². The minimum absolute atomic E-state index is 0.703. The molecule has 4 heterocycles. The van der Waals surface area contributed by atoms with Crippen LogP contribution in [0, 0.1) is 0 Å². The number of hydrogen-bond acceptors (Lipinski definition) is 4. The predicted molar refractivity (Wildman–Crippen MR) is 298 cm³/mol. The number of nitrogens with two attached hydrogens (primary N) is 1. The largest absolute Gasteiger partial charge is 0.405 e. The lowest BCUT2D eigenvalue weighted by Crippen LogP contribution is -2.08. The Labute approximate surface area is 404 Å². The number of aromatic nitrogens is 3. The molecule has 0 fully saturated rings. The zero-order chi connectivity index (χ0) is 48.6. The minimum Gasteiger partial charge on any atom is -0.405 e. The second-order valence-electron chi connectivity index (χ2n) is 16.4. The number of nitrogens with zero attached hydrogens (tertiary/aromatic N) is 2. The van der Waals surface area contributed by atoms with Crippen LogP contribution in [-0.4, -0.2) is 21.5 Å². The number of nitrogens with one attached hydrogen (secondary N) is 2. The van der Waals surface area contributed by atoms with E-state index in [0.717, 1.165) is 91.1 Å². The van der Waals surface area contributed by atoms with Gasteiger partial charge < -0.3 is 16.0 Å². The summed E-state index contributed by atoms with van der Waals surface area (Å²) in [5.41, 5.74) is 26.5. The Balaban J connectivity index is 0.000000480. The van der Waals surface area contributed by atoms with Crippen molar-refractivity contribution in [2.24, 2.45) is 5.73 Å². The number of fused-ring (bicyclic) bond motifs is 7. The van der Waals surface area contributed by atoms with Crippen LogP contribution in [0.1, 0.15) is 69.5 Å². The highest BCUT2D eigenvalue weighted by Gasteiger charge is 2.22. The van der Waals surface area contributed by atoms with Crippen LogP contribution in [0.15, 0.2) is 214 Å². The van der Waals surface area contributed by atoms with Crippen molar-refractivity contribution >= 4 is 44.2 Å². The summed E-state index contributed by atoms with van der Waals surface area (Å²) in [6.07, 6.45) is 27.4. The van der Waals surface area contributed by atoms with E-state index in [2.05, 4.69) is 152 Å². The summed E-state index contributed by atoms with van der Waals surface area (Å²) in [7, 11) is 0. The Hall–Kier alpha value is -8.02. The fourth-order valence-electron chi connectivity index (χ4n) is 8.12. The highest BCUT2D eigenvalue weighted by molar-refractivity contribution is 6.10.